The molecular formula is C11H10BF2O3. The van der Waals surface area contributed by atoms with Crippen LogP contribution >= 0.6 is 0 Å². The van der Waals surface area contributed by atoms with Crippen LogP contribution in [0, 0.1) is 11.6 Å². The van der Waals surface area contributed by atoms with E-state index in [2.05, 4.69) is 9.69 Å². The Labute approximate surface area is 97.5 Å². The number of benzene rings is 1. The summed E-state index contributed by atoms with van der Waals surface area (Å²) in [5.41, 5.74) is -0.807. The van der Waals surface area contributed by atoms with Crippen molar-refractivity contribution in [3.63, 3.8) is 0 Å². The molecule has 1 aliphatic heterocycles. The molecule has 2 fully saturated rings. The Hall–Kier alpha value is -0.975. The van der Waals surface area contributed by atoms with Gasteiger partial charge in [0.1, 0.15) is 11.6 Å². The van der Waals surface area contributed by atoms with Crippen LogP contribution in [0.2, 0.25) is 0 Å². The highest BCUT2D eigenvalue weighted by molar-refractivity contribution is 6.30. The van der Waals surface area contributed by atoms with E-state index < -0.39 is 23.1 Å². The van der Waals surface area contributed by atoms with Crippen molar-refractivity contribution in [2.75, 3.05) is 6.61 Å². The van der Waals surface area contributed by atoms with E-state index in [1.54, 1.807) is 0 Å². The molecule has 2 aliphatic rings. The van der Waals surface area contributed by atoms with E-state index in [1.165, 1.54) is 19.6 Å². The molecule has 6 heteroatoms. The summed E-state index contributed by atoms with van der Waals surface area (Å²) >= 11 is 0. The second kappa shape index (κ2) is 3.76. The standard InChI is InChI=1S/C11H10BF2O3/c13-8-3-6(11(15)1-2-11)4-9(14)10(8)7-5-16-17-12-7/h3-4,7,15H,1-2,5H2. The van der Waals surface area contributed by atoms with Crippen molar-refractivity contribution in [3.8, 4) is 0 Å². The van der Waals surface area contributed by atoms with Gasteiger partial charge in [0.15, 0.2) is 0 Å². The first-order chi connectivity index (χ1) is 8.10. The second-order valence-corrected chi connectivity index (χ2v) is 4.51. The van der Waals surface area contributed by atoms with Crippen LogP contribution in [-0.4, -0.2) is 19.2 Å². The van der Waals surface area contributed by atoms with Gasteiger partial charge in [0.2, 0.25) is 0 Å². The molecule has 1 atom stereocenters. The number of aliphatic hydroxyl groups is 1. The Morgan fingerprint density at radius 1 is 1.29 bits per heavy atom. The maximum Gasteiger partial charge on any atom is 0.355 e. The number of rotatable bonds is 2. The van der Waals surface area contributed by atoms with E-state index in [9.17, 15) is 13.9 Å². The van der Waals surface area contributed by atoms with Gasteiger partial charge in [0, 0.05) is 11.4 Å². The lowest BCUT2D eigenvalue weighted by molar-refractivity contribution is -0.183. The van der Waals surface area contributed by atoms with Crippen molar-refractivity contribution in [3.05, 3.63) is 34.9 Å². The summed E-state index contributed by atoms with van der Waals surface area (Å²) in [5.74, 6) is -1.88. The Bertz CT molecular complexity index is 433. The third kappa shape index (κ3) is 1.86. The third-order valence-corrected chi connectivity index (χ3v) is 3.25. The molecule has 1 heterocycles. The Morgan fingerprint density at radius 2 is 1.94 bits per heavy atom. The van der Waals surface area contributed by atoms with Gasteiger partial charge in [-0.15, -0.1) is 0 Å². The molecule has 3 rings (SSSR count). The second-order valence-electron chi connectivity index (χ2n) is 4.51. The van der Waals surface area contributed by atoms with Crippen molar-refractivity contribution in [1.29, 1.82) is 0 Å². The molecule has 1 aromatic rings. The average Bonchev–Trinajstić information content (AvgIpc) is 2.82. The highest BCUT2D eigenvalue weighted by Gasteiger charge is 2.43. The maximum atomic E-state index is 13.8. The van der Waals surface area contributed by atoms with Gasteiger partial charge in [-0.25, -0.2) is 8.78 Å². The van der Waals surface area contributed by atoms with Crippen molar-refractivity contribution >= 4 is 7.48 Å². The molecule has 0 bridgehead atoms. The lowest BCUT2D eigenvalue weighted by Crippen LogP contribution is -2.13. The highest BCUT2D eigenvalue weighted by atomic mass is 19.1. The van der Waals surface area contributed by atoms with E-state index in [0.717, 1.165) is 0 Å². The maximum absolute atomic E-state index is 13.8. The lowest BCUT2D eigenvalue weighted by Gasteiger charge is -2.13. The number of hydrogen-bond acceptors (Lipinski definition) is 3. The molecule has 1 unspecified atom stereocenters. The van der Waals surface area contributed by atoms with E-state index in [0.29, 0.717) is 18.4 Å². The van der Waals surface area contributed by atoms with Crippen LogP contribution in [0.15, 0.2) is 12.1 Å². The third-order valence-electron chi connectivity index (χ3n) is 3.25. The summed E-state index contributed by atoms with van der Waals surface area (Å²) in [7, 11) is 1.26. The molecule has 0 aromatic heterocycles. The number of hydrogen-bond donors (Lipinski definition) is 1. The molecule has 1 aromatic carbocycles. The van der Waals surface area contributed by atoms with Crippen LogP contribution in [0.5, 0.6) is 0 Å². The lowest BCUT2D eigenvalue weighted by atomic mass is 9.76. The summed E-state index contributed by atoms with van der Waals surface area (Å²) in [4.78, 5) is 9.12. The van der Waals surface area contributed by atoms with Crippen LogP contribution in [0.1, 0.15) is 29.8 Å². The van der Waals surface area contributed by atoms with Gasteiger partial charge in [-0.2, -0.15) is 0 Å². The van der Waals surface area contributed by atoms with Crippen LogP contribution in [0.4, 0.5) is 8.78 Å². The van der Waals surface area contributed by atoms with E-state index in [4.69, 9.17) is 0 Å². The molecule has 1 radical (unpaired) electrons. The van der Waals surface area contributed by atoms with Gasteiger partial charge in [0.05, 0.1) is 12.2 Å². The monoisotopic (exact) mass is 239 g/mol. The molecule has 89 valence electrons. The molecule has 0 spiro atoms. The summed E-state index contributed by atoms with van der Waals surface area (Å²) < 4.78 is 27.7. The predicted molar refractivity (Wildman–Crippen MR) is 55.0 cm³/mol. The quantitative estimate of drug-likeness (QED) is 0.628. The summed E-state index contributed by atoms with van der Waals surface area (Å²) in [6.07, 6.45) is 1.10. The fourth-order valence-corrected chi connectivity index (χ4v) is 2.02. The molecule has 1 N–H and O–H groups in total. The molecule has 1 saturated heterocycles. The Morgan fingerprint density at radius 3 is 2.41 bits per heavy atom. The van der Waals surface area contributed by atoms with Gasteiger partial charge in [-0.05, 0) is 30.5 Å². The van der Waals surface area contributed by atoms with Crippen molar-refractivity contribution in [2.45, 2.75) is 24.3 Å². The zero-order valence-corrected chi connectivity index (χ0v) is 8.95. The van der Waals surface area contributed by atoms with Gasteiger partial charge in [-0.3, -0.25) is 4.89 Å². The minimum atomic E-state index is -1.04. The summed E-state index contributed by atoms with van der Waals surface area (Å²) in [6, 6.07) is 2.38. The first-order valence-electron chi connectivity index (χ1n) is 5.43. The number of halogens is 2. The molecular weight excluding hydrogens is 229 g/mol. The normalized spacial score (nSPS) is 25.7. The zero-order valence-electron chi connectivity index (χ0n) is 8.95. The minimum Gasteiger partial charge on any atom is -0.385 e. The van der Waals surface area contributed by atoms with Gasteiger partial charge in [0.25, 0.3) is 0 Å². The fraction of sp³-hybridized carbons (Fsp3) is 0.455. The summed E-state index contributed by atoms with van der Waals surface area (Å²) in [6.45, 7) is 0.0947. The van der Waals surface area contributed by atoms with Gasteiger partial charge >= 0.3 is 7.48 Å². The topological polar surface area (TPSA) is 38.7 Å². The van der Waals surface area contributed by atoms with Gasteiger partial charge in [-0.1, -0.05) is 0 Å². The molecule has 3 nitrogen and oxygen atoms in total. The Kier molecular flexibility index (Phi) is 2.46. The molecule has 0 amide bonds. The molecule has 1 aliphatic carbocycles. The smallest absolute Gasteiger partial charge is 0.355 e. The highest BCUT2D eigenvalue weighted by Crippen LogP contribution is 2.46. The van der Waals surface area contributed by atoms with Crippen molar-refractivity contribution < 1.29 is 23.6 Å². The van der Waals surface area contributed by atoms with Gasteiger partial charge < -0.3 is 9.91 Å². The van der Waals surface area contributed by atoms with Crippen molar-refractivity contribution in [1.82, 2.24) is 0 Å². The SMILES string of the molecule is OC1(c2cc(F)c(C3[B]OOC3)c(F)c2)CC1. The van der Waals surface area contributed by atoms with Crippen LogP contribution in [0.3, 0.4) is 0 Å². The van der Waals surface area contributed by atoms with E-state index >= 15 is 0 Å². The average molecular weight is 239 g/mol. The predicted octanol–water partition coefficient (Wildman–Crippen LogP) is 1.57. The zero-order chi connectivity index (χ0) is 12.0. The summed E-state index contributed by atoms with van der Waals surface area (Å²) in [5, 5.41) is 9.81. The molecule has 17 heavy (non-hydrogen) atoms. The van der Waals surface area contributed by atoms with Crippen LogP contribution in [-0.2, 0) is 15.3 Å². The minimum absolute atomic E-state index is 0.0736. The molecule has 1 saturated carbocycles. The fourth-order valence-electron chi connectivity index (χ4n) is 2.02. The van der Waals surface area contributed by atoms with Crippen LogP contribution < -0.4 is 0 Å². The van der Waals surface area contributed by atoms with E-state index in [1.807, 2.05) is 0 Å². The van der Waals surface area contributed by atoms with E-state index in [-0.39, 0.29) is 12.2 Å². The Balaban J connectivity index is 1.99. The van der Waals surface area contributed by atoms with Crippen molar-refractivity contribution in [2.24, 2.45) is 0 Å². The largest absolute Gasteiger partial charge is 0.385 e. The van der Waals surface area contributed by atoms with Crippen LogP contribution in [0.25, 0.3) is 0 Å². The first kappa shape index (κ1) is 11.1. The first-order valence-corrected chi connectivity index (χ1v) is 5.43.